The van der Waals surface area contributed by atoms with E-state index in [1.54, 1.807) is 31.2 Å². The predicted molar refractivity (Wildman–Crippen MR) is 114 cm³/mol. The lowest BCUT2D eigenvalue weighted by Gasteiger charge is -2.30. The van der Waals surface area contributed by atoms with Crippen LogP contribution >= 0.6 is 23.2 Å². The van der Waals surface area contributed by atoms with Crippen molar-refractivity contribution in [2.45, 2.75) is 26.3 Å². The molecule has 1 atom stereocenters. The lowest BCUT2D eigenvalue weighted by molar-refractivity contribution is -0.117. The summed E-state index contributed by atoms with van der Waals surface area (Å²) in [5.74, 6) is 0.144. The van der Waals surface area contributed by atoms with E-state index in [0.29, 0.717) is 23.1 Å². The molecule has 0 aliphatic heterocycles. The van der Waals surface area contributed by atoms with E-state index in [-0.39, 0.29) is 17.1 Å². The van der Waals surface area contributed by atoms with Gasteiger partial charge in [-0.3, -0.25) is 9.10 Å². The number of hydrogen-bond donors (Lipinski definition) is 1. The summed E-state index contributed by atoms with van der Waals surface area (Å²) < 4.78 is 31.4. The molecule has 0 aliphatic carbocycles. The van der Waals surface area contributed by atoms with E-state index in [1.165, 1.54) is 18.2 Å². The highest BCUT2D eigenvalue weighted by molar-refractivity contribution is 7.92. The van der Waals surface area contributed by atoms with E-state index in [0.717, 1.165) is 10.6 Å². The normalized spacial score (nSPS) is 12.3. The minimum Gasteiger partial charge on any atom is -0.494 e. The van der Waals surface area contributed by atoms with Crippen LogP contribution in [0.3, 0.4) is 0 Å². The average molecular weight is 445 g/mol. The minimum atomic E-state index is -3.77. The van der Waals surface area contributed by atoms with Crippen molar-refractivity contribution in [3.05, 3.63) is 52.5 Å². The molecular weight excluding hydrogens is 423 g/mol. The second kappa shape index (κ2) is 9.49. The number of carbonyl (C=O) groups excluding carboxylic acids is 1. The smallest absolute Gasteiger partial charge is 0.248 e. The van der Waals surface area contributed by atoms with Crippen molar-refractivity contribution in [2.24, 2.45) is 0 Å². The zero-order valence-corrected chi connectivity index (χ0v) is 18.1. The molecule has 2 aromatic carbocycles. The zero-order valence-electron chi connectivity index (χ0n) is 15.8. The van der Waals surface area contributed by atoms with Crippen LogP contribution in [-0.2, 0) is 14.8 Å². The molecule has 0 bridgehead atoms. The Morgan fingerprint density at radius 1 is 1.14 bits per heavy atom. The quantitative estimate of drug-likeness (QED) is 0.646. The van der Waals surface area contributed by atoms with E-state index in [2.05, 4.69) is 5.32 Å². The van der Waals surface area contributed by atoms with Crippen molar-refractivity contribution in [3.63, 3.8) is 0 Å². The van der Waals surface area contributed by atoms with E-state index in [1.807, 2.05) is 6.92 Å². The average Bonchev–Trinajstić information content (AvgIpc) is 2.61. The van der Waals surface area contributed by atoms with E-state index < -0.39 is 22.0 Å². The summed E-state index contributed by atoms with van der Waals surface area (Å²) in [6.07, 6.45) is 1.30. The molecule has 0 aliphatic rings. The third kappa shape index (κ3) is 5.53. The molecule has 6 nitrogen and oxygen atoms in total. The topological polar surface area (TPSA) is 75.7 Å². The second-order valence-corrected chi connectivity index (χ2v) is 8.71. The monoisotopic (exact) mass is 444 g/mol. The fourth-order valence-electron chi connectivity index (χ4n) is 2.74. The highest BCUT2D eigenvalue weighted by Crippen LogP contribution is 2.30. The molecule has 2 rings (SSSR count). The molecule has 0 heterocycles. The number of sulfonamides is 1. The van der Waals surface area contributed by atoms with Gasteiger partial charge in [0.25, 0.3) is 0 Å². The van der Waals surface area contributed by atoms with Crippen molar-refractivity contribution >= 4 is 50.5 Å². The maximum absolute atomic E-state index is 12.9. The van der Waals surface area contributed by atoms with Gasteiger partial charge in [0.15, 0.2) is 0 Å². The van der Waals surface area contributed by atoms with Crippen LogP contribution in [0.5, 0.6) is 5.75 Å². The van der Waals surface area contributed by atoms with Crippen molar-refractivity contribution in [2.75, 3.05) is 22.5 Å². The van der Waals surface area contributed by atoms with Crippen molar-refractivity contribution < 1.29 is 17.9 Å². The number of anilines is 2. The molecule has 0 spiro atoms. The largest absolute Gasteiger partial charge is 0.494 e. The van der Waals surface area contributed by atoms with E-state index >= 15 is 0 Å². The van der Waals surface area contributed by atoms with Gasteiger partial charge in [0.2, 0.25) is 15.9 Å². The summed E-state index contributed by atoms with van der Waals surface area (Å²) in [6.45, 7) is 4.09. The molecule has 2 aromatic rings. The Kier molecular flexibility index (Phi) is 7.57. The molecular formula is C19H22Cl2N2O4S. The fourth-order valence-corrected chi connectivity index (χ4v) is 4.23. The van der Waals surface area contributed by atoms with Crippen LogP contribution in [0.2, 0.25) is 10.0 Å². The van der Waals surface area contributed by atoms with Gasteiger partial charge in [0.05, 0.1) is 28.6 Å². The zero-order chi connectivity index (χ0) is 20.9. The van der Waals surface area contributed by atoms with Gasteiger partial charge in [-0.05, 0) is 43.7 Å². The van der Waals surface area contributed by atoms with Crippen molar-refractivity contribution in [1.29, 1.82) is 0 Å². The van der Waals surface area contributed by atoms with Crippen LogP contribution in [0.4, 0.5) is 11.4 Å². The van der Waals surface area contributed by atoms with Crippen LogP contribution in [0.15, 0.2) is 42.5 Å². The van der Waals surface area contributed by atoms with Crippen LogP contribution < -0.4 is 14.4 Å². The van der Waals surface area contributed by atoms with Gasteiger partial charge in [0.1, 0.15) is 11.8 Å². The first kappa shape index (κ1) is 22.3. The Hall–Kier alpha value is -1.96. The predicted octanol–water partition coefficient (Wildman–Crippen LogP) is 4.58. The Labute approximate surface area is 175 Å². The standard InChI is InChI=1S/C19H22Cl2N2O4S/c1-4-18(19(24)22-13-7-6-8-15(11-13)27-5-2)23(28(3,25)26)14-9-10-16(20)17(21)12-14/h6-12,18H,4-5H2,1-3H3,(H,22,24). The number of hydrogen-bond acceptors (Lipinski definition) is 4. The van der Waals surface area contributed by atoms with Crippen LogP contribution in [-0.4, -0.2) is 33.2 Å². The maximum atomic E-state index is 12.9. The molecule has 0 aromatic heterocycles. The Morgan fingerprint density at radius 3 is 2.43 bits per heavy atom. The highest BCUT2D eigenvalue weighted by Gasteiger charge is 2.32. The fraction of sp³-hybridized carbons (Fsp3) is 0.316. The maximum Gasteiger partial charge on any atom is 0.248 e. The molecule has 28 heavy (non-hydrogen) atoms. The first-order chi connectivity index (χ1) is 13.2. The van der Waals surface area contributed by atoms with Crippen molar-refractivity contribution in [3.8, 4) is 5.75 Å². The Balaban J connectivity index is 2.36. The highest BCUT2D eigenvalue weighted by atomic mass is 35.5. The molecule has 0 radical (unpaired) electrons. The summed E-state index contributed by atoms with van der Waals surface area (Å²) in [5.41, 5.74) is 0.777. The first-order valence-electron chi connectivity index (χ1n) is 8.65. The number of halogens is 2. The summed E-state index contributed by atoms with van der Waals surface area (Å²) in [5, 5.41) is 3.25. The van der Waals surface area contributed by atoms with Crippen LogP contribution in [0.25, 0.3) is 0 Å². The summed E-state index contributed by atoms with van der Waals surface area (Å²) in [7, 11) is -3.77. The number of amides is 1. The Bertz CT molecular complexity index is 951. The summed E-state index contributed by atoms with van der Waals surface area (Å²) in [6, 6.07) is 10.4. The molecule has 0 saturated heterocycles. The van der Waals surface area contributed by atoms with Crippen LogP contribution in [0.1, 0.15) is 20.3 Å². The SMILES string of the molecule is CCOc1cccc(NC(=O)C(CC)N(c2ccc(Cl)c(Cl)c2)S(C)(=O)=O)c1. The summed E-state index contributed by atoms with van der Waals surface area (Å²) in [4.78, 5) is 12.9. The second-order valence-electron chi connectivity index (χ2n) is 6.03. The third-order valence-corrected chi connectivity index (χ3v) is 5.82. The van der Waals surface area contributed by atoms with Gasteiger partial charge in [0, 0.05) is 11.8 Å². The lowest BCUT2D eigenvalue weighted by Crippen LogP contribution is -2.47. The summed E-state index contributed by atoms with van der Waals surface area (Å²) >= 11 is 12.0. The molecule has 1 N–H and O–H groups in total. The molecule has 0 saturated carbocycles. The van der Waals surface area contributed by atoms with Gasteiger partial charge in [-0.25, -0.2) is 8.42 Å². The molecule has 1 amide bonds. The van der Waals surface area contributed by atoms with Gasteiger partial charge < -0.3 is 10.1 Å². The number of benzene rings is 2. The van der Waals surface area contributed by atoms with Gasteiger partial charge in [-0.1, -0.05) is 36.2 Å². The molecule has 0 fully saturated rings. The van der Waals surface area contributed by atoms with Gasteiger partial charge in [-0.2, -0.15) is 0 Å². The lowest BCUT2D eigenvalue weighted by atomic mass is 10.1. The van der Waals surface area contributed by atoms with Crippen LogP contribution in [0, 0.1) is 0 Å². The third-order valence-electron chi connectivity index (χ3n) is 3.90. The van der Waals surface area contributed by atoms with E-state index in [9.17, 15) is 13.2 Å². The molecule has 1 unspecified atom stereocenters. The minimum absolute atomic E-state index is 0.201. The first-order valence-corrected chi connectivity index (χ1v) is 11.3. The number of nitrogens with zero attached hydrogens (tertiary/aromatic N) is 1. The number of nitrogens with one attached hydrogen (secondary N) is 1. The number of rotatable bonds is 8. The van der Waals surface area contributed by atoms with Gasteiger partial charge in [-0.15, -0.1) is 0 Å². The number of carbonyl (C=O) groups is 1. The molecule has 9 heteroatoms. The van der Waals surface area contributed by atoms with Crippen molar-refractivity contribution in [1.82, 2.24) is 0 Å². The molecule has 152 valence electrons. The Morgan fingerprint density at radius 2 is 1.86 bits per heavy atom. The van der Waals surface area contributed by atoms with Gasteiger partial charge >= 0.3 is 0 Å². The number of ether oxygens (including phenoxy) is 1. The van der Waals surface area contributed by atoms with E-state index in [4.69, 9.17) is 27.9 Å².